The third-order valence-electron chi connectivity index (χ3n) is 2.63. The molecule has 2 rings (SSSR count). The second-order valence-electron chi connectivity index (χ2n) is 4.15. The van der Waals surface area contributed by atoms with E-state index >= 15 is 0 Å². The Kier molecular flexibility index (Phi) is 2.98. The van der Waals surface area contributed by atoms with Crippen LogP contribution in [0, 0.1) is 0 Å². The minimum absolute atomic E-state index is 0.119. The molecule has 3 N–H and O–H groups in total. The molecule has 0 spiro atoms. The number of benzene rings is 1. The number of nitrogens with zero attached hydrogens (tertiary/aromatic N) is 1. The average Bonchev–Trinajstić information content (AvgIpc) is 2.67. The highest BCUT2D eigenvalue weighted by Gasteiger charge is 2.15. The zero-order chi connectivity index (χ0) is 12.6. The van der Waals surface area contributed by atoms with Gasteiger partial charge in [-0.15, -0.1) is 0 Å². The smallest absolute Gasteiger partial charge is 0.230 e. The molecule has 1 aromatic heterocycles. The number of hydrogen-bond acceptors (Lipinski definition) is 4. The minimum Gasteiger partial charge on any atom is -0.507 e. The first-order valence-electron chi connectivity index (χ1n) is 5.23. The van der Waals surface area contributed by atoms with Gasteiger partial charge in [0.2, 0.25) is 5.88 Å². The number of halogens is 1. The van der Waals surface area contributed by atoms with Crippen molar-refractivity contribution in [2.45, 2.75) is 19.8 Å². The minimum atomic E-state index is 0.119. The molecule has 0 aliphatic carbocycles. The molecule has 1 heterocycles. The monoisotopic (exact) mass is 252 g/mol. The van der Waals surface area contributed by atoms with E-state index in [0.29, 0.717) is 16.1 Å². The summed E-state index contributed by atoms with van der Waals surface area (Å²) >= 11 is 6.16. The van der Waals surface area contributed by atoms with E-state index in [1.807, 2.05) is 13.8 Å². The van der Waals surface area contributed by atoms with E-state index in [2.05, 4.69) is 5.16 Å². The molecular formula is C12H13ClN2O2. The Morgan fingerprint density at radius 1 is 1.35 bits per heavy atom. The third-order valence-corrected chi connectivity index (χ3v) is 2.95. The maximum Gasteiger partial charge on any atom is 0.230 e. The Morgan fingerprint density at radius 2 is 2.06 bits per heavy atom. The highest BCUT2D eigenvalue weighted by Crippen LogP contribution is 2.38. The van der Waals surface area contributed by atoms with Gasteiger partial charge < -0.3 is 15.4 Å². The molecule has 0 unspecified atom stereocenters. The molecule has 0 amide bonds. The van der Waals surface area contributed by atoms with Crippen molar-refractivity contribution in [1.82, 2.24) is 5.16 Å². The molecule has 0 aliphatic heterocycles. The lowest BCUT2D eigenvalue weighted by molar-refractivity contribution is 0.436. The summed E-state index contributed by atoms with van der Waals surface area (Å²) in [6.07, 6.45) is 1.45. The van der Waals surface area contributed by atoms with Crippen molar-refractivity contribution in [1.29, 1.82) is 0 Å². The van der Waals surface area contributed by atoms with Crippen molar-refractivity contribution >= 4 is 17.5 Å². The summed E-state index contributed by atoms with van der Waals surface area (Å²) in [7, 11) is 0. The summed E-state index contributed by atoms with van der Waals surface area (Å²) in [6, 6.07) is 3.32. The van der Waals surface area contributed by atoms with Crippen molar-refractivity contribution in [2.75, 3.05) is 5.73 Å². The molecular weight excluding hydrogens is 240 g/mol. The number of anilines is 1. The van der Waals surface area contributed by atoms with E-state index < -0.39 is 0 Å². The summed E-state index contributed by atoms with van der Waals surface area (Å²) in [5.41, 5.74) is 7.57. The van der Waals surface area contributed by atoms with Crippen molar-refractivity contribution in [2.24, 2.45) is 0 Å². The lowest BCUT2D eigenvalue weighted by Gasteiger charge is -2.11. The molecule has 0 aliphatic rings. The van der Waals surface area contributed by atoms with Gasteiger partial charge in [0.25, 0.3) is 0 Å². The molecule has 5 heteroatoms. The lowest BCUT2D eigenvalue weighted by Crippen LogP contribution is -1.91. The fraction of sp³-hybridized carbons (Fsp3) is 0.250. The number of nitrogens with two attached hydrogens (primary N) is 1. The molecule has 2 aromatic rings. The van der Waals surface area contributed by atoms with Crippen LogP contribution in [0.3, 0.4) is 0 Å². The van der Waals surface area contributed by atoms with Crippen LogP contribution in [-0.4, -0.2) is 10.3 Å². The number of hydrogen-bond donors (Lipinski definition) is 2. The van der Waals surface area contributed by atoms with E-state index in [-0.39, 0.29) is 17.6 Å². The van der Waals surface area contributed by atoms with Gasteiger partial charge in [0.15, 0.2) is 0 Å². The highest BCUT2D eigenvalue weighted by atomic mass is 35.5. The van der Waals surface area contributed by atoms with Crippen LogP contribution in [0.5, 0.6) is 5.75 Å². The summed E-state index contributed by atoms with van der Waals surface area (Å²) in [4.78, 5) is 0. The van der Waals surface area contributed by atoms with E-state index in [9.17, 15) is 5.11 Å². The molecule has 0 saturated heterocycles. The van der Waals surface area contributed by atoms with Gasteiger partial charge in [-0.3, -0.25) is 0 Å². The zero-order valence-corrected chi connectivity index (χ0v) is 10.3. The van der Waals surface area contributed by atoms with Gasteiger partial charge in [-0.1, -0.05) is 30.6 Å². The van der Waals surface area contributed by atoms with Gasteiger partial charge in [0.1, 0.15) is 5.75 Å². The van der Waals surface area contributed by atoms with Crippen LogP contribution in [0.1, 0.15) is 25.3 Å². The molecule has 90 valence electrons. The first-order valence-corrected chi connectivity index (χ1v) is 5.61. The quantitative estimate of drug-likeness (QED) is 0.859. The Morgan fingerprint density at radius 3 is 2.59 bits per heavy atom. The molecule has 0 fully saturated rings. The SMILES string of the molecule is CC(C)c1cc(O)c(-c2cnoc2N)cc1Cl. The normalized spacial score (nSPS) is 11.1. The summed E-state index contributed by atoms with van der Waals surface area (Å²) < 4.78 is 4.77. The van der Waals surface area contributed by atoms with E-state index in [1.54, 1.807) is 12.1 Å². The third kappa shape index (κ3) is 2.08. The second-order valence-corrected chi connectivity index (χ2v) is 4.56. The Labute approximate surface area is 104 Å². The van der Waals surface area contributed by atoms with Crippen molar-refractivity contribution in [3.63, 3.8) is 0 Å². The number of aromatic hydroxyl groups is 1. The summed E-state index contributed by atoms with van der Waals surface area (Å²) in [6.45, 7) is 4.02. The Bertz CT molecular complexity index is 549. The Balaban J connectivity index is 2.58. The first kappa shape index (κ1) is 11.8. The Hall–Kier alpha value is -1.68. The molecule has 0 radical (unpaired) electrons. The summed E-state index contributed by atoms with van der Waals surface area (Å²) in [5.74, 6) is 0.518. The van der Waals surface area contributed by atoms with Gasteiger partial charge in [-0.25, -0.2) is 0 Å². The number of aromatic nitrogens is 1. The van der Waals surface area contributed by atoms with Gasteiger partial charge in [0.05, 0.1) is 11.8 Å². The van der Waals surface area contributed by atoms with Crippen LogP contribution >= 0.6 is 11.6 Å². The molecule has 4 nitrogen and oxygen atoms in total. The molecule has 0 bridgehead atoms. The fourth-order valence-electron chi connectivity index (χ4n) is 1.69. The van der Waals surface area contributed by atoms with E-state index in [0.717, 1.165) is 5.56 Å². The fourth-order valence-corrected chi connectivity index (χ4v) is 2.07. The second kappa shape index (κ2) is 4.30. The van der Waals surface area contributed by atoms with Crippen LogP contribution in [0.2, 0.25) is 5.02 Å². The largest absolute Gasteiger partial charge is 0.507 e. The summed E-state index contributed by atoms with van der Waals surface area (Å²) in [5, 5.41) is 14.1. The standard InChI is InChI=1S/C12H13ClN2O2/c1-6(2)7-4-11(16)8(3-10(7)13)9-5-15-17-12(9)14/h3-6,16H,14H2,1-2H3. The topological polar surface area (TPSA) is 72.3 Å². The van der Waals surface area contributed by atoms with E-state index in [4.69, 9.17) is 21.9 Å². The van der Waals surface area contributed by atoms with Crippen LogP contribution in [0.15, 0.2) is 22.9 Å². The van der Waals surface area contributed by atoms with Crippen LogP contribution in [0.4, 0.5) is 5.88 Å². The number of phenols is 1. The predicted octanol–water partition coefficient (Wildman–Crippen LogP) is 3.41. The van der Waals surface area contributed by atoms with Crippen molar-refractivity contribution in [3.05, 3.63) is 28.9 Å². The molecule has 17 heavy (non-hydrogen) atoms. The van der Waals surface area contributed by atoms with Crippen molar-refractivity contribution in [3.8, 4) is 16.9 Å². The van der Waals surface area contributed by atoms with Crippen molar-refractivity contribution < 1.29 is 9.63 Å². The first-order chi connectivity index (χ1) is 8.00. The lowest BCUT2D eigenvalue weighted by atomic mass is 9.98. The van der Waals surface area contributed by atoms with Crippen LogP contribution < -0.4 is 5.73 Å². The zero-order valence-electron chi connectivity index (χ0n) is 9.57. The average molecular weight is 253 g/mol. The van der Waals surface area contributed by atoms with Gasteiger partial charge in [-0.2, -0.15) is 0 Å². The number of nitrogen functional groups attached to an aromatic ring is 1. The van der Waals surface area contributed by atoms with Gasteiger partial charge >= 0.3 is 0 Å². The maximum atomic E-state index is 9.98. The molecule has 0 atom stereocenters. The van der Waals surface area contributed by atoms with Gasteiger partial charge in [0, 0.05) is 10.6 Å². The maximum absolute atomic E-state index is 9.98. The van der Waals surface area contributed by atoms with E-state index in [1.165, 1.54) is 6.20 Å². The van der Waals surface area contributed by atoms with Gasteiger partial charge in [-0.05, 0) is 23.6 Å². The molecule has 0 saturated carbocycles. The number of rotatable bonds is 2. The number of phenolic OH excluding ortho intramolecular Hbond substituents is 1. The highest BCUT2D eigenvalue weighted by molar-refractivity contribution is 6.31. The van der Waals surface area contributed by atoms with Crippen LogP contribution in [0.25, 0.3) is 11.1 Å². The van der Waals surface area contributed by atoms with Crippen LogP contribution in [-0.2, 0) is 0 Å². The molecule has 1 aromatic carbocycles. The predicted molar refractivity (Wildman–Crippen MR) is 67.1 cm³/mol.